The number of nitrogens with one attached hydrogen (secondary N) is 2. The molecular formula is C20H15Cl2FN2O4. The highest BCUT2D eigenvalue weighted by molar-refractivity contribution is 6.31. The number of pyridine rings is 1. The molecule has 0 aliphatic carbocycles. The Morgan fingerprint density at radius 2 is 1.93 bits per heavy atom. The monoisotopic (exact) mass is 436 g/mol. The van der Waals surface area contributed by atoms with E-state index in [0.29, 0.717) is 27.1 Å². The molecule has 3 aromatic rings. The molecule has 0 aliphatic rings. The van der Waals surface area contributed by atoms with Crippen molar-refractivity contribution in [1.29, 1.82) is 0 Å². The fraction of sp³-hybridized carbons (Fsp3) is 0.150. The lowest BCUT2D eigenvalue weighted by Gasteiger charge is -2.11. The van der Waals surface area contributed by atoms with Gasteiger partial charge in [-0.3, -0.25) is 9.59 Å². The summed E-state index contributed by atoms with van der Waals surface area (Å²) in [7, 11) is 0. The summed E-state index contributed by atoms with van der Waals surface area (Å²) < 4.78 is 14.2. The molecule has 0 radical (unpaired) electrons. The lowest BCUT2D eigenvalue weighted by atomic mass is 10.1. The first-order valence-electron chi connectivity index (χ1n) is 8.46. The van der Waals surface area contributed by atoms with Crippen LogP contribution in [-0.2, 0) is 17.8 Å². The van der Waals surface area contributed by atoms with Crippen LogP contribution in [0.1, 0.15) is 27.0 Å². The second-order valence-corrected chi connectivity index (χ2v) is 7.30. The number of carboxylic acid groups (broad SMARTS) is 1. The van der Waals surface area contributed by atoms with E-state index in [1.807, 2.05) is 0 Å². The summed E-state index contributed by atoms with van der Waals surface area (Å²) in [5.74, 6) is -2.37. The third-order valence-corrected chi connectivity index (χ3v) is 4.99. The number of hydrogen-bond acceptors (Lipinski definition) is 3. The van der Waals surface area contributed by atoms with Crippen LogP contribution in [0.15, 0.2) is 35.1 Å². The van der Waals surface area contributed by atoms with Crippen LogP contribution in [0.25, 0.3) is 10.9 Å². The van der Waals surface area contributed by atoms with Gasteiger partial charge in [0, 0.05) is 27.5 Å². The van der Waals surface area contributed by atoms with E-state index in [9.17, 15) is 18.8 Å². The molecule has 29 heavy (non-hydrogen) atoms. The van der Waals surface area contributed by atoms with E-state index in [2.05, 4.69) is 10.3 Å². The SMILES string of the molecule is Cc1ccc(Cl)c(CC(=O)NCc2cc(Cl)cc3cc(C(=O)O)c(=O)[nH]c23)c1F. The van der Waals surface area contributed by atoms with Crippen molar-refractivity contribution in [1.82, 2.24) is 10.3 Å². The van der Waals surface area contributed by atoms with E-state index < -0.39 is 28.8 Å². The molecule has 0 spiro atoms. The third-order valence-electron chi connectivity index (χ3n) is 4.42. The topological polar surface area (TPSA) is 99.3 Å². The summed E-state index contributed by atoms with van der Waals surface area (Å²) in [5.41, 5.74) is 0.118. The molecular weight excluding hydrogens is 422 g/mol. The number of halogens is 3. The van der Waals surface area contributed by atoms with Gasteiger partial charge < -0.3 is 15.4 Å². The largest absolute Gasteiger partial charge is 0.477 e. The van der Waals surface area contributed by atoms with Gasteiger partial charge in [0.25, 0.3) is 5.56 Å². The number of carbonyl (C=O) groups excluding carboxylic acids is 1. The molecule has 0 saturated heterocycles. The number of fused-ring (bicyclic) bond motifs is 1. The summed E-state index contributed by atoms with van der Waals surface area (Å²) >= 11 is 12.1. The van der Waals surface area contributed by atoms with E-state index in [1.165, 1.54) is 24.3 Å². The van der Waals surface area contributed by atoms with Crippen molar-refractivity contribution in [2.75, 3.05) is 0 Å². The molecule has 1 amide bonds. The Labute approximate surface area is 174 Å². The van der Waals surface area contributed by atoms with E-state index in [-0.39, 0.29) is 23.6 Å². The van der Waals surface area contributed by atoms with Crippen LogP contribution in [0, 0.1) is 12.7 Å². The number of aromatic carboxylic acids is 1. The number of amides is 1. The van der Waals surface area contributed by atoms with Crippen LogP contribution >= 0.6 is 23.2 Å². The Morgan fingerprint density at radius 1 is 1.21 bits per heavy atom. The number of aromatic nitrogens is 1. The van der Waals surface area contributed by atoms with E-state index in [1.54, 1.807) is 13.0 Å². The van der Waals surface area contributed by atoms with Gasteiger partial charge in [0.05, 0.1) is 11.9 Å². The van der Waals surface area contributed by atoms with Crippen molar-refractivity contribution >= 4 is 46.0 Å². The minimum absolute atomic E-state index is 0.0106. The van der Waals surface area contributed by atoms with Crippen LogP contribution in [0.3, 0.4) is 0 Å². The molecule has 3 rings (SSSR count). The fourth-order valence-electron chi connectivity index (χ4n) is 2.95. The number of carboxylic acids is 1. The molecule has 0 atom stereocenters. The summed E-state index contributed by atoms with van der Waals surface area (Å²) in [6.45, 7) is 1.57. The van der Waals surface area contributed by atoms with Crippen LogP contribution < -0.4 is 10.9 Å². The maximum atomic E-state index is 14.2. The number of aromatic amines is 1. The summed E-state index contributed by atoms with van der Waals surface area (Å²) in [6, 6.07) is 7.32. The van der Waals surface area contributed by atoms with Crippen LogP contribution in [0.5, 0.6) is 0 Å². The molecule has 0 unspecified atom stereocenters. The zero-order valence-corrected chi connectivity index (χ0v) is 16.6. The summed E-state index contributed by atoms with van der Waals surface area (Å²) in [6.07, 6.45) is -0.259. The zero-order valence-electron chi connectivity index (χ0n) is 15.1. The normalized spacial score (nSPS) is 10.9. The van der Waals surface area contributed by atoms with Crippen molar-refractivity contribution in [3.8, 4) is 0 Å². The number of rotatable bonds is 5. The first kappa shape index (κ1) is 20.8. The Kier molecular flexibility index (Phi) is 5.91. The second-order valence-electron chi connectivity index (χ2n) is 6.46. The molecule has 3 N–H and O–H groups in total. The quantitative estimate of drug-likeness (QED) is 0.565. The van der Waals surface area contributed by atoms with E-state index in [4.69, 9.17) is 28.3 Å². The van der Waals surface area contributed by atoms with Crippen molar-refractivity contribution in [2.45, 2.75) is 19.9 Å². The van der Waals surface area contributed by atoms with E-state index >= 15 is 0 Å². The lowest BCUT2D eigenvalue weighted by molar-refractivity contribution is -0.120. The number of aryl methyl sites for hydroxylation is 1. The first-order chi connectivity index (χ1) is 13.7. The van der Waals surface area contributed by atoms with Gasteiger partial charge in [-0.2, -0.15) is 0 Å². The molecule has 9 heteroatoms. The van der Waals surface area contributed by atoms with E-state index in [0.717, 1.165) is 0 Å². The van der Waals surface area contributed by atoms with Crippen molar-refractivity contribution in [3.63, 3.8) is 0 Å². The minimum Gasteiger partial charge on any atom is -0.477 e. The molecule has 150 valence electrons. The molecule has 1 heterocycles. The Bertz CT molecular complexity index is 1210. The number of benzene rings is 2. The first-order valence-corrected chi connectivity index (χ1v) is 9.22. The molecule has 2 aromatic carbocycles. The van der Waals surface area contributed by atoms with Crippen LogP contribution in [-0.4, -0.2) is 22.0 Å². The van der Waals surface area contributed by atoms with Gasteiger partial charge in [0.15, 0.2) is 0 Å². The number of H-pyrrole nitrogens is 1. The highest BCUT2D eigenvalue weighted by atomic mass is 35.5. The van der Waals surface area contributed by atoms with Gasteiger partial charge in [-0.25, -0.2) is 9.18 Å². The predicted octanol–water partition coefficient (Wildman–Crippen LogP) is 3.84. The third kappa shape index (κ3) is 4.41. The van der Waals surface area contributed by atoms with Gasteiger partial charge in [-0.1, -0.05) is 29.3 Å². The predicted molar refractivity (Wildman–Crippen MR) is 108 cm³/mol. The Morgan fingerprint density at radius 3 is 2.62 bits per heavy atom. The fourth-order valence-corrected chi connectivity index (χ4v) is 3.41. The maximum absolute atomic E-state index is 14.2. The smallest absolute Gasteiger partial charge is 0.341 e. The molecule has 0 aliphatic heterocycles. The molecule has 0 fully saturated rings. The van der Waals surface area contributed by atoms with Crippen molar-refractivity contribution in [3.05, 3.63) is 78.8 Å². The highest BCUT2D eigenvalue weighted by Crippen LogP contribution is 2.24. The van der Waals surface area contributed by atoms with Gasteiger partial charge in [-0.15, -0.1) is 0 Å². The summed E-state index contributed by atoms with van der Waals surface area (Å²) in [5, 5.41) is 12.6. The van der Waals surface area contributed by atoms with Gasteiger partial charge >= 0.3 is 5.97 Å². The second kappa shape index (κ2) is 8.23. The van der Waals surface area contributed by atoms with Gasteiger partial charge in [0.2, 0.25) is 5.91 Å². The van der Waals surface area contributed by atoms with Crippen LogP contribution in [0.2, 0.25) is 10.0 Å². The van der Waals surface area contributed by atoms with Crippen molar-refractivity contribution < 1.29 is 19.1 Å². The molecule has 0 saturated carbocycles. The molecule has 0 bridgehead atoms. The van der Waals surface area contributed by atoms with Crippen molar-refractivity contribution in [2.24, 2.45) is 0 Å². The highest BCUT2D eigenvalue weighted by Gasteiger charge is 2.16. The van der Waals surface area contributed by atoms with Gasteiger partial charge in [-0.05, 0) is 42.3 Å². The summed E-state index contributed by atoms with van der Waals surface area (Å²) in [4.78, 5) is 38.0. The van der Waals surface area contributed by atoms with Crippen LogP contribution in [0.4, 0.5) is 4.39 Å². The molecule has 6 nitrogen and oxygen atoms in total. The zero-order chi connectivity index (χ0) is 21.3. The average Bonchev–Trinajstić information content (AvgIpc) is 2.66. The number of hydrogen-bond donors (Lipinski definition) is 3. The average molecular weight is 437 g/mol. The Balaban J connectivity index is 1.86. The lowest BCUT2D eigenvalue weighted by Crippen LogP contribution is -2.26. The minimum atomic E-state index is -1.36. The maximum Gasteiger partial charge on any atom is 0.341 e. The standard InChI is InChI=1S/C20H15Cl2FN2O4/c1-9-2-3-15(22)13(17(9)23)7-16(26)24-8-11-5-12(21)4-10-6-14(20(28)29)19(27)25-18(10)11/h2-6H,7-8H2,1H3,(H,24,26)(H,25,27)(H,28,29). The van der Waals surface area contributed by atoms with Gasteiger partial charge in [0.1, 0.15) is 11.4 Å². The Hall–Kier alpha value is -2.90. The molecule has 1 aromatic heterocycles. The number of carbonyl (C=O) groups is 2.